The number of hydrogen-bond donors (Lipinski definition) is 4. The lowest BCUT2D eigenvalue weighted by Crippen LogP contribution is -2.75. The minimum absolute atomic E-state index is 0.0431. The Kier molecular flexibility index (Phi) is 6.26. The van der Waals surface area contributed by atoms with Crippen LogP contribution in [0.4, 0.5) is 5.69 Å². The fourth-order valence-electron chi connectivity index (χ4n) is 4.83. The van der Waals surface area contributed by atoms with E-state index in [2.05, 4.69) is 33.1 Å². The summed E-state index contributed by atoms with van der Waals surface area (Å²) < 4.78 is 0. The Balaban J connectivity index is 1.51. The molecule has 0 bridgehead atoms. The normalized spacial score (nSPS) is 32.0. The summed E-state index contributed by atoms with van der Waals surface area (Å²) in [5.41, 5.74) is 0.466. The number of halogens is 1. The maximum absolute atomic E-state index is 13.1. The molecule has 1 aromatic carbocycles. The largest absolute Gasteiger partial charge is 0.340 e. The second-order valence-corrected chi connectivity index (χ2v) is 8.63. The van der Waals surface area contributed by atoms with E-state index >= 15 is 0 Å². The van der Waals surface area contributed by atoms with Crippen LogP contribution in [0.1, 0.15) is 39.0 Å². The van der Waals surface area contributed by atoms with Crippen LogP contribution in [-0.2, 0) is 14.4 Å². The molecule has 0 aliphatic carbocycles. The molecule has 3 heterocycles. The summed E-state index contributed by atoms with van der Waals surface area (Å²) in [5, 5.41) is 12.5. The number of fused-ring (bicyclic) bond motifs is 1. The smallest absolute Gasteiger partial charge is 0.229 e. The number of anilines is 1. The molecule has 30 heavy (non-hydrogen) atoms. The predicted octanol–water partition coefficient (Wildman–Crippen LogP) is 1.62. The van der Waals surface area contributed by atoms with Crippen molar-refractivity contribution in [1.82, 2.24) is 20.9 Å². The first kappa shape index (κ1) is 21.1. The zero-order valence-corrected chi connectivity index (χ0v) is 17.7. The molecule has 162 valence electrons. The summed E-state index contributed by atoms with van der Waals surface area (Å²) in [4.78, 5) is 40.7. The highest BCUT2D eigenvalue weighted by atomic mass is 35.5. The Morgan fingerprint density at radius 1 is 1.23 bits per heavy atom. The first-order chi connectivity index (χ1) is 14.5. The van der Waals surface area contributed by atoms with Gasteiger partial charge in [0.05, 0.1) is 28.7 Å². The van der Waals surface area contributed by atoms with Crippen molar-refractivity contribution >= 4 is 35.0 Å². The van der Waals surface area contributed by atoms with E-state index < -0.39 is 18.0 Å². The van der Waals surface area contributed by atoms with Crippen LogP contribution in [0.3, 0.4) is 0 Å². The maximum Gasteiger partial charge on any atom is 0.229 e. The number of piperidine rings is 2. The number of para-hydroxylation sites is 1. The molecule has 9 heteroatoms. The van der Waals surface area contributed by atoms with E-state index in [0.717, 1.165) is 25.8 Å². The first-order valence-electron chi connectivity index (χ1n) is 10.6. The van der Waals surface area contributed by atoms with Crippen LogP contribution in [0.2, 0.25) is 5.02 Å². The second-order valence-electron chi connectivity index (χ2n) is 8.22. The number of nitrogens with one attached hydrogen (secondary N) is 4. The van der Waals surface area contributed by atoms with Crippen molar-refractivity contribution in [2.45, 2.75) is 57.5 Å². The summed E-state index contributed by atoms with van der Waals surface area (Å²) in [6.07, 6.45) is 3.36. The number of hydrogen-bond acceptors (Lipinski definition) is 5. The minimum atomic E-state index is -0.781. The number of benzene rings is 1. The Hall–Kier alpha value is -2.16. The molecule has 4 N–H and O–H groups in total. The van der Waals surface area contributed by atoms with Gasteiger partial charge < -0.3 is 16.0 Å². The first-order valence-corrected chi connectivity index (χ1v) is 11.0. The molecule has 1 aromatic rings. The van der Waals surface area contributed by atoms with Crippen LogP contribution in [0.25, 0.3) is 0 Å². The van der Waals surface area contributed by atoms with E-state index in [0.29, 0.717) is 16.8 Å². The van der Waals surface area contributed by atoms with Crippen molar-refractivity contribution in [3.05, 3.63) is 29.3 Å². The third kappa shape index (κ3) is 4.17. The number of carbonyl (C=O) groups excluding carboxylic acids is 3. The molecule has 5 atom stereocenters. The lowest BCUT2D eigenvalue weighted by atomic mass is 9.81. The predicted molar refractivity (Wildman–Crippen MR) is 113 cm³/mol. The molecule has 0 saturated carbocycles. The van der Waals surface area contributed by atoms with Gasteiger partial charge in [0.1, 0.15) is 6.29 Å². The zero-order chi connectivity index (χ0) is 21.3. The van der Waals surface area contributed by atoms with E-state index in [1.54, 1.807) is 24.3 Å². The maximum atomic E-state index is 13.1. The third-order valence-corrected chi connectivity index (χ3v) is 6.71. The van der Waals surface area contributed by atoms with E-state index in [-0.39, 0.29) is 30.4 Å². The molecule has 3 aliphatic heterocycles. The van der Waals surface area contributed by atoms with Crippen molar-refractivity contribution in [2.24, 2.45) is 11.8 Å². The average Bonchev–Trinajstić information content (AvgIpc) is 2.74. The van der Waals surface area contributed by atoms with E-state index in [1.807, 2.05) is 0 Å². The Morgan fingerprint density at radius 3 is 2.80 bits per heavy atom. The highest BCUT2D eigenvalue weighted by Gasteiger charge is 2.49. The molecular weight excluding hydrogens is 406 g/mol. The van der Waals surface area contributed by atoms with Crippen LogP contribution in [0, 0.1) is 11.8 Å². The van der Waals surface area contributed by atoms with Crippen LogP contribution < -0.4 is 21.3 Å². The van der Waals surface area contributed by atoms with E-state index in [1.165, 1.54) is 6.42 Å². The molecule has 0 aromatic heterocycles. The van der Waals surface area contributed by atoms with Gasteiger partial charge in [-0.15, -0.1) is 0 Å². The molecule has 3 amide bonds. The number of nitrogens with zero attached hydrogens (tertiary/aromatic N) is 1. The molecule has 0 radical (unpaired) electrons. The van der Waals surface area contributed by atoms with Crippen molar-refractivity contribution in [3.8, 4) is 0 Å². The standard InChI is InChI=1S/C21H28ClN5O3/c1-2-12-7-5-6-10-27(12)21-25-18-17(20(30)26-21)13(11-16(28)24-18)19(29)23-15-9-4-3-8-14(15)22/h3-4,8-9,12-13,17-18,21,25H,2,5-7,10-11H2,1H3,(H,23,29)(H,24,28)(H,26,30). The number of likely N-dealkylation sites (tertiary alicyclic amines) is 1. The highest BCUT2D eigenvalue weighted by molar-refractivity contribution is 6.33. The van der Waals surface area contributed by atoms with Crippen molar-refractivity contribution in [3.63, 3.8) is 0 Å². The van der Waals surface area contributed by atoms with Crippen molar-refractivity contribution in [1.29, 1.82) is 0 Å². The third-order valence-electron chi connectivity index (χ3n) is 6.38. The van der Waals surface area contributed by atoms with Gasteiger partial charge in [-0.05, 0) is 31.4 Å². The van der Waals surface area contributed by atoms with Gasteiger partial charge in [-0.3, -0.25) is 24.6 Å². The van der Waals surface area contributed by atoms with Gasteiger partial charge in [-0.2, -0.15) is 0 Å². The summed E-state index contributed by atoms with van der Waals surface area (Å²) in [6, 6.07) is 7.28. The lowest BCUT2D eigenvalue weighted by molar-refractivity contribution is -0.148. The second kappa shape index (κ2) is 8.91. The molecule has 5 unspecified atom stereocenters. The van der Waals surface area contributed by atoms with Gasteiger partial charge in [0, 0.05) is 19.0 Å². The molecule has 3 fully saturated rings. The molecule has 3 aliphatic rings. The van der Waals surface area contributed by atoms with Crippen molar-refractivity contribution in [2.75, 3.05) is 11.9 Å². The molecule has 4 rings (SSSR count). The number of amides is 3. The quantitative estimate of drug-likeness (QED) is 0.578. The van der Waals surface area contributed by atoms with Crippen LogP contribution >= 0.6 is 11.6 Å². The van der Waals surface area contributed by atoms with Gasteiger partial charge in [0.25, 0.3) is 0 Å². The lowest BCUT2D eigenvalue weighted by Gasteiger charge is -2.49. The van der Waals surface area contributed by atoms with Gasteiger partial charge in [0.15, 0.2) is 0 Å². The van der Waals surface area contributed by atoms with Crippen molar-refractivity contribution < 1.29 is 14.4 Å². The molecule has 8 nitrogen and oxygen atoms in total. The monoisotopic (exact) mass is 433 g/mol. The number of carbonyl (C=O) groups is 3. The van der Waals surface area contributed by atoms with Gasteiger partial charge in [-0.1, -0.05) is 37.1 Å². The molecule has 3 saturated heterocycles. The summed E-state index contributed by atoms with van der Waals surface area (Å²) in [6.45, 7) is 3.03. The topological polar surface area (TPSA) is 103 Å². The highest BCUT2D eigenvalue weighted by Crippen LogP contribution is 2.30. The van der Waals surface area contributed by atoms with Gasteiger partial charge >= 0.3 is 0 Å². The molecule has 0 spiro atoms. The molecular formula is C21H28ClN5O3. The van der Waals surface area contributed by atoms with Crippen LogP contribution in [0.5, 0.6) is 0 Å². The summed E-state index contributed by atoms with van der Waals surface area (Å²) in [7, 11) is 0. The fourth-order valence-corrected chi connectivity index (χ4v) is 5.01. The SMILES string of the molecule is CCC1CCCCN1C1NC(=O)C2C(NC(=O)CC2C(=O)Nc2ccccc2Cl)N1. The van der Waals surface area contributed by atoms with E-state index in [9.17, 15) is 14.4 Å². The van der Waals surface area contributed by atoms with Crippen LogP contribution in [-0.4, -0.2) is 47.7 Å². The summed E-state index contributed by atoms with van der Waals surface area (Å²) in [5.74, 6) is -2.32. The van der Waals surface area contributed by atoms with E-state index in [4.69, 9.17) is 11.6 Å². The number of rotatable bonds is 4. The Morgan fingerprint density at radius 2 is 2.03 bits per heavy atom. The zero-order valence-electron chi connectivity index (χ0n) is 17.0. The Bertz CT molecular complexity index is 835. The fraction of sp³-hybridized carbons (Fsp3) is 0.571. The van der Waals surface area contributed by atoms with Crippen LogP contribution in [0.15, 0.2) is 24.3 Å². The van der Waals surface area contributed by atoms with Gasteiger partial charge in [-0.25, -0.2) is 0 Å². The average molecular weight is 434 g/mol. The summed E-state index contributed by atoms with van der Waals surface area (Å²) >= 11 is 6.14. The van der Waals surface area contributed by atoms with Gasteiger partial charge in [0.2, 0.25) is 17.7 Å². The minimum Gasteiger partial charge on any atom is -0.340 e. The Labute approximate surface area is 181 Å².